The van der Waals surface area contributed by atoms with E-state index >= 15 is 0 Å². The number of para-hydroxylation sites is 1. The van der Waals surface area contributed by atoms with Crippen LogP contribution in [0.5, 0.6) is 11.5 Å². The molecule has 0 bridgehead atoms. The third-order valence-electron chi connectivity index (χ3n) is 5.40. The Morgan fingerprint density at radius 2 is 1.71 bits per heavy atom. The van der Waals surface area contributed by atoms with Crippen LogP contribution in [0.15, 0.2) is 36.4 Å². The van der Waals surface area contributed by atoms with Gasteiger partial charge >= 0.3 is 0 Å². The molecule has 1 fully saturated rings. The van der Waals surface area contributed by atoms with Gasteiger partial charge in [-0.1, -0.05) is 23.7 Å². The van der Waals surface area contributed by atoms with Gasteiger partial charge in [0.05, 0.1) is 37.4 Å². The van der Waals surface area contributed by atoms with Crippen molar-refractivity contribution in [2.45, 2.75) is 25.4 Å². The molecular formula is C21H21ClN2O4. The van der Waals surface area contributed by atoms with Gasteiger partial charge in [0.1, 0.15) is 0 Å². The van der Waals surface area contributed by atoms with E-state index in [2.05, 4.69) is 4.90 Å². The first-order valence-electron chi connectivity index (χ1n) is 9.12. The maximum atomic E-state index is 13.1. The van der Waals surface area contributed by atoms with Gasteiger partial charge in [0.15, 0.2) is 11.5 Å². The fourth-order valence-electron chi connectivity index (χ4n) is 3.96. The van der Waals surface area contributed by atoms with Crippen LogP contribution in [0.4, 0.5) is 5.69 Å². The van der Waals surface area contributed by atoms with Crippen molar-refractivity contribution in [3.8, 4) is 11.5 Å². The van der Waals surface area contributed by atoms with Crippen LogP contribution in [0.1, 0.15) is 17.5 Å². The van der Waals surface area contributed by atoms with E-state index in [1.165, 1.54) is 10.5 Å². The molecule has 0 N–H and O–H groups in total. The van der Waals surface area contributed by atoms with E-state index in [0.717, 1.165) is 12.0 Å². The van der Waals surface area contributed by atoms with Crippen molar-refractivity contribution in [3.63, 3.8) is 0 Å². The molecule has 2 aliphatic rings. The Morgan fingerprint density at radius 1 is 1.04 bits per heavy atom. The Balaban J connectivity index is 1.59. The van der Waals surface area contributed by atoms with Crippen molar-refractivity contribution in [1.82, 2.24) is 4.90 Å². The van der Waals surface area contributed by atoms with Crippen molar-refractivity contribution in [2.24, 2.45) is 0 Å². The van der Waals surface area contributed by atoms with Gasteiger partial charge in [-0.3, -0.25) is 14.5 Å². The molecule has 0 saturated carbocycles. The quantitative estimate of drug-likeness (QED) is 0.738. The highest BCUT2D eigenvalue weighted by atomic mass is 35.5. The average Bonchev–Trinajstić information content (AvgIpc) is 3.01. The van der Waals surface area contributed by atoms with E-state index in [-0.39, 0.29) is 18.2 Å². The van der Waals surface area contributed by atoms with E-state index in [0.29, 0.717) is 35.3 Å². The zero-order valence-corrected chi connectivity index (χ0v) is 16.5. The summed E-state index contributed by atoms with van der Waals surface area (Å²) < 4.78 is 10.8. The molecule has 2 amide bonds. The molecule has 0 spiro atoms. The number of nitrogens with zero attached hydrogens (tertiary/aromatic N) is 2. The Morgan fingerprint density at radius 3 is 2.39 bits per heavy atom. The Labute approximate surface area is 168 Å². The normalized spacial score (nSPS) is 19.7. The number of fused-ring (bicyclic) bond motifs is 1. The standard InChI is InChI=1S/C21H21ClN2O4/c1-27-18-9-13-7-8-23(12-14(13)10-19(18)28-2)17-11-20(25)24(21(17)26)16-6-4-3-5-15(16)22/h3-6,9-10,17H,7-8,11-12H2,1-2H3/t17-/m1/s1. The highest BCUT2D eigenvalue weighted by Gasteiger charge is 2.44. The van der Waals surface area contributed by atoms with Gasteiger partial charge in [0.25, 0.3) is 5.91 Å². The fourth-order valence-corrected chi connectivity index (χ4v) is 4.18. The van der Waals surface area contributed by atoms with Crippen LogP contribution < -0.4 is 14.4 Å². The Bertz CT molecular complexity index is 946. The van der Waals surface area contributed by atoms with Crippen molar-refractivity contribution in [2.75, 3.05) is 25.7 Å². The molecule has 1 atom stereocenters. The van der Waals surface area contributed by atoms with Gasteiger partial charge in [-0.25, -0.2) is 4.90 Å². The summed E-state index contributed by atoms with van der Waals surface area (Å²) in [6, 6.07) is 10.4. The van der Waals surface area contributed by atoms with Gasteiger partial charge in [-0.15, -0.1) is 0 Å². The predicted molar refractivity (Wildman–Crippen MR) is 106 cm³/mol. The summed E-state index contributed by atoms with van der Waals surface area (Å²) in [7, 11) is 3.22. The van der Waals surface area contributed by atoms with Crippen LogP contribution in [0.3, 0.4) is 0 Å². The third kappa shape index (κ3) is 3.12. The van der Waals surface area contributed by atoms with Crippen molar-refractivity contribution < 1.29 is 19.1 Å². The van der Waals surface area contributed by atoms with Crippen molar-refractivity contribution in [3.05, 3.63) is 52.5 Å². The molecule has 1 saturated heterocycles. The van der Waals surface area contributed by atoms with E-state index in [9.17, 15) is 9.59 Å². The molecule has 2 heterocycles. The second-order valence-corrected chi connectivity index (χ2v) is 7.34. The topological polar surface area (TPSA) is 59.1 Å². The monoisotopic (exact) mass is 400 g/mol. The highest BCUT2D eigenvalue weighted by Crippen LogP contribution is 2.36. The maximum absolute atomic E-state index is 13.1. The van der Waals surface area contributed by atoms with Crippen molar-refractivity contribution in [1.29, 1.82) is 0 Å². The lowest BCUT2D eigenvalue weighted by Crippen LogP contribution is -2.44. The highest BCUT2D eigenvalue weighted by molar-refractivity contribution is 6.36. The SMILES string of the molecule is COc1cc2c(cc1OC)CN([C@@H]1CC(=O)N(c3ccccc3Cl)C1=O)CC2. The van der Waals surface area contributed by atoms with E-state index in [1.54, 1.807) is 38.5 Å². The number of methoxy groups -OCH3 is 2. The second-order valence-electron chi connectivity index (χ2n) is 6.94. The summed E-state index contributed by atoms with van der Waals surface area (Å²) in [4.78, 5) is 28.9. The first kappa shape index (κ1) is 18.8. The number of rotatable bonds is 4. The summed E-state index contributed by atoms with van der Waals surface area (Å²) in [5.74, 6) is 0.921. The smallest absolute Gasteiger partial charge is 0.251 e. The molecule has 0 radical (unpaired) electrons. The number of carbonyl (C=O) groups is 2. The molecular weight excluding hydrogens is 380 g/mol. The summed E-state index contributed by atoms with van der Waals surface area (Å²) in [5, 5.41) is 0.394. The largest absolute Gasteiger partial charge is 0.493 e. The van der Waals surface area contributed by atoms with E-state index in [1.807, 2.05) is 12.1 Å². The van der Waals surface area contributed by atoms with Crippen molar-refractivity contribution >= 4 is 29.1 Å². The summed E-state index contributed by atoms with van der Waals surface area (Å²) in [5.41, 5.74) is 2.71. The van der Waals surface area contributed by atoms with Gasteiger partial charge in [-0.05, 0) is 41.8 Å². The van der Waals surface area contributed by atoms with Crippen LogP contribution in [-0.2, 0) is 22.6 Å². The lowest BCUT2D eigenvalue weighted by Gasteiger charge is -2.32. The molecule has 2 aromatic carbocycles. The fraction of sp³-hybridized carbons (Fsp3) is 0.333. The number of benzene rings is 2. The van der Waals surface area contributed by atoms with E-state index < -0.39 is 6.04 Å². The van der Waals surface area contributed by atoms with Gasteiger partial charge in [0.2, 0.25) is 5.91 Å². The minimum Gasteiger partial charge on any atom is -0.493 e. The first-order chi connectivity index (χ1) is 13.5. The molecule has 0 aromatic heterocycles. The molecule has 2 aliphatic heterocycles. The summed E-state index contributed by atoms with van der Waals surface area (Å²) in [6.07, 6.45) is 0.937. The third-order valence-corrected chi connectivity index (χ3v) is 5.72. The van der Waals surface area contributed by atoms with Crippen LogP contribution in [-0.4, -0.2) is 43.5 Å². The van der Waals surface area contributed by atoms with Gasteiger partial charge in [-0.2, -0.15) is 0 Å². The van der Waals surface area contributed by atoms with Crippen LogP contribution in [0.25, 0.3) is 0 Å². The number of hydrogen-bond acceptors (Lipinski definition) is 5. The first-order valence-corrected chi connectivity index (χ1v) is 9.50. The molecule has 28 heavy (non-hydrogen) atoms. The lowest BCUT2D eigenvalue weighted by molar-refractivity contribution is -0.123. The molecule has 0 aliphatic carbocycles. The molecule has 4 rings (SSSR count). The van der Waals surface area contributed by atoms with E-state index in [4.69, 9.17) is 21.1 Å². The predicted octanol–water partition coefficient (Wildman–Crippen LogP) is 3.05. The summed E-state index contributed by atoms with van der Waals surface area (Å²) >= 11 is 6.21. The molecule has 2 aromatic rings. The lowest BCUT2D eigenvalue weighted by atomic mass is 9.97. The molecule has 146 valence electrons. The number of carbonyl (C=O) groups excluding carboxylic acids is 2. The van der Waals surface area contributed by atoms with Gasteiger partial charge < -0.3 is 9.47 Å². The summed E-state index contributed by atoms with van der Waals surface area (Å²) in [6.45, 7) is 1.28. The Hall–Kier alpha value is -2.57. The average molecular weight is 401 g/mol. The number of ether oxygens (including phenoxy) is 2. The number of hydrogen-bond donors (Lipinski definition) is 0. The number of halogens is 1. The zero-order valence-electron chi connectivity index (χ0n) is 15.8. The minimum absolute atomic E-state index is 0.159. The van der Waals surface area contributed by atoms with Crippen LogP contribution >= 0.6 is 11.6 Å². The van der Waals surface area contributed by atoms with Crippen LogP contribution in [0.2, 0.25) is 5.02 Å². The maximum Gasteiger partial charge on any atom is 0.251 e. The molecule has 0 unspecified atom stereocenters. The number of anilines is 1. The Kier molecular flexibility index (Phi) is 5.00. The second kappa shape index (κ2) is 7.45. The minimum atomic E-state index is -0.481. The molecule has 6 nitrogen and oxygen atoms in total. The molecule has 7 heteroatoms. The van der Waals surface area contributed by atoms with Gasteiger partial charge in [0, 0.05) is 13.1 Å². The number of imide groups is 1. The van der Waals surface area contributed by atoms with Crippen LogP contribution in [0, 0.1) is 0 Å². The number of amides is 2. The zero-order chi connectivity index (χ0) is 19.8.